The van der Waals surface area contributed by atoms with E-state index in [4.69, 9.17) is 5.11 Å². The smallest absolute Gasteiger partial charge is 0.335 e. The maximum absolute atomic E-state index is 11.1. The predicted octanol–water partition coefficient (Wildman–Crippen LogP) is 2.22. The van der Waals surface area contributed by atoms with Gasteiger partial charge in [-0.25, -0.2) is 4.79 Å². The van der Waals surface area contributed by atoms with Gasteiger partial charge in [0, 0.05) is 23.7 Å². The lowest BCUT2D eigenvalue weighted by molar-refractivity contribution is 0.0697. The van der Waals surface area contributed by atoms with Crippen LogP contribution in [0.15, 0.2) is 42.7 Å². The second kappa shape index (κ2) is 5.50. The van der Waals surface area contributed by atoms with Crippen molar-refractivity contribution >= 4 is 17.4 Å². The number of hydrazine groups is 2. The highest BCUT2D eigenvalue weighted by Crippen LogP contribution is 2.25. The molecule has 0 spiro atoms. The third-order valence-corrected chi connectivity index (χ3v) is 3.58. The molecule has 0 unspecified atom stereocenters. The summed E-state index contributed by atoms with van der Waals surface area (Å²) in [6.07, 6.45) is 3.64. The highest BCUT2D eigenvalue weighted by Gasteiger charge is 2.18. The fourth-order valence-electron chi connectivity index (χ4n) is 2.35. The minimum Gasteiger partial charge on any atom is -0.478 e. The van der Waals surface area contributed by atoms with Crippen molar-refractivity contribution < 1.29 is 9.90 Å². The Labute approximate surface area is 128 Å². The van der Waals surface area contributed by atoms with Gasteiger partial charge in [-0.3, -0.25) is 9.99 Å². The Bertz CT molecular complexity index is 770. The molecule has 0 fully saturated rings. The standard InChI is InChI=1S/C16H16N4O2/c1-10-5-6-12(16(21)22)8-15(10)20-9-14(18-19-20)13-4-3-7-17-11(13)2/h3-9,18-19H,1-2H3,(H,21,22). The highest BCUT2D eigenvalue weighted by molar-refractivity contribution is 5.89. The fraction of sp³-hybridized carbons (Fsp3) is 0.125. The van der Waals surface area contributed by atoms with E-state index in [2.05, 4.69) is 15.9 Å². The summed E-state index contributed by atoms with van der Waals surface area (Å²) in [4.78, 5) is 15.4. The van der Waals surface area contributed by atoms with E-state index in [9.17, 15) is 4.79 Å². The van der Waals surface area contributed by atoms with Crippen LogP contribution in [0, 0.1) is 13.8 Å². The molecule has 1 aromatic carbocycles. The molecular formula is C16H16N4O2. The predicted molar refractivity (Wildman–Crippen MR) is 83.8 cm³/mol. The number of pyridine rings is 1. The van der Waals surface area contributed by atoms with Crippen molar-refractivity contribution in [2.45, 2.75) is 13.8 Å². The Morgan fingerprint density at radius 2 is 2.09 bits per heavy atom. The van der Waals surface area contributed by atoms with E-state index in [1.54, 1.807) is 29.4 Å². The third-order valence-electron chi connectivity index (χ3n) is 3.58. The van der Waals surface area contributed by atoms with Crippen molar-refractivity contribution in [3.63, 3.8) is 0 Å². The largest absolute Gasteiger partial charge is 0.478 e. The molecule has 2 aromatic rings. The minimum atomic E-state index is -0.944. The number of rotatable bonds is 3. The topological polar surface area (TPSA) is 77.5 Å². The van der Waals surface area contributed by atoms with Gasteiger partial charge in [-0.05, 0) is 43.7 Å². The third kappa shape index (κ3) is 2.51. The number of hydrogen-bond acceptors (Lipinski definition) is 5. The van der Waals surface area contributed by atoms with Crippen LogP contribution in [-0.4, -0.2) is 16.1 Å². The van der Waals surface area contributed by atoms with E-state index < -0.39 is 5.97 Å². The van der Waals surface area contributed by atoms with E-state index in [0.29, 0.717) is 0 Å². The van der Waals surface area contributed by atoms with Crippen molar-refractivity contribution in [3.8, 4) is 0 Å². The van der Waals surface area contributed by atoms with Crippen LogP contribution >= 0.6 is 0 Å². The molecule has 22 heavy (non-hydrogen) atoms. The number of anilines is 1. The van der Waals surface area contributed by atoms with E-state index in [-0.39, 0.29) is 5.56 Å². The molecule has 112 valence electrons. The molecule has 1 aliphatic rings. The summed E-state index contributed by atoms with van der Waals surface area (Å²) in [5, 5.41) is 10.9. The van der Waals surface area contributed by atoms with Crippen LogP contribution in [-0.2, 0) is 0 Å². The van der Waals surface area contributed by atoms with Gasteiger partial charge in [-0.2, -0.15) is 0 Å². The molecule has 6 nitrogen and oxygen atoms in total. The number of carbonyl (C=O) groups is 1. The molecule has 2 heterocycles. The maximum Gasteiger partial charge on any atom is 0.335 e. The van der Waals surface area contributed by atoms with Crippen LogP contribution in [0.3, 0.4) is 0 Å². The minimum absolute atomic E-state index is 0.252. The molecule has 0 aliphatic carbocycles. The van der Waals surface area contributed by atoms with Gasteiger partial charge >= 0.3 is 5.97 Å². The van der Waals surface area contributed by atoms with Gasteiger partial charge in [0.2, 0.25) is 0 Å². The van der Waals surface area contributed by atoms with Gasteiger partial charge in [0.1, 0.15) is 0 Å². The molecule has 0 saturated carbocycles. The summed E-state index contributed by atoms with van der Waals surface area (Å²) in [7, 11) is 0. The van der Waals surface area contributed by atoms with Crippen LogP contribution in [0.25, 0.3) is 5.70 Å². The summed E-state index contributed by atoms with van der Waals surface area (Å²) in [5.41, 5.74) is 10.9. The van der Waals surface area contributed by atoms with E-state index in [0.717, 1.165) is 28.2 Å². The van der Waals surface area contributed by atoms with Gasteiger partial charge in [0.15, 0.2) is 0 Å². The van der Waals surface area contributed by atoms with E-state index in [1.165, 1.54) is 0 Å². The lowest BCUT2D eigenvalue weighted by Gasteiger charge is -2.18. The van der Waals surface area contributed by atoms with Crippen LogP contribution < -0.4 is 16.0 Å². The van der Waals surface area contributed by atoms with Crippen molar-refractivity contribution in [2.75, 3.05) is 5.01 Å². The average molecular weight is 296 g/mol. The molecule has 0 bridgehead atoms. The molecule has 3 N–H and O–H groups in total. The number of aromatic carboxylic acids is 1. The zero-order valence-corrected chi connectivity index (χ0v) is 12.3. The molecule has 0 atom stereocenters. The van der Waals surface area contributed by atoms with Crippen LogP contribution in [0.5, 0.6) is 0 Å². The Morgan fingerprint density at radius 3 is 2.82 bits per heavy atom. The van der Waals surface area contributed by atoms with Crippen LogP contribution in [0.4, 0.5) is 5.69 Å². The van der Waals surface area contributed by atoms with E-state index >= 15 is 0 Å². The Hall–Kier alpha value is -2.86. The molecule has 3 rings (SSSR count). The molecule has 0 amide bonds. The lowest BCUT2D eigenvalue weighted by atomic mass is 10.1. The number of benzene rings is 1. The lowest BCUT2D eigenvalue weighted by Crippen LogP contribution is -2.36. The molecule has 1 aliphatic heterocycles. The molecule has 0 saturated heterocycles. The van der Waals surface area contributed by atoms with Crippen molar-refractivity contribution in [1.82, 2.24) is 15.9 Å². The summed E-state index contributed by atoms with van der Waals surface area (Å²) >= 11 is 0. The van der Waals surface area contributed by atoms with Gasteiger partial charge in [-0.1, -0.05) is 6.07 Å². The number of hydrogen-bond donors (Lipinski definition) is 3. The van der Waals surface area contributed by atoms with Crippen molar-refractivity contribution in [3.05, 3.63) is 65.1 Å². The number of carboxylic acid groups (broad SMARTS) is 1. The first-order chi connectivity index (χ1) is 10.6. The Kier molecular flexibility index (Phi) is 3.52. The average Bonchev–Trinajstić information content (AvgIpc) is 2.97. The second-order valence-corrected chi connectivity index (χ2v) is 5.09. The monoisotopic (exact) mass is 296 g/mol. The first kappa shape index (κ1) is 14.1. The molecule has 6 heteroatoms. The summed E-state index contributed by atoms with van der Waals surface area (Å²) < 4.78 is 0. The highest BCUT2D eigenvalue weighted by atomic mass is 16.4. The summed E-state index contributed by atoms with van der Waals surface area (Å²) in [5.74, 6) is -0.944. The number of nitrogens with zero attached hydrogens (tertiary/aromatic N) is 2. The fourth-order valence-corrected chi connectivity index (χ4v) is 2.35. The van der Waals surface area contributed by atoms with Gasteiger partial charge in [0.25, 0.3) is 0 Å². The van der Waals surface area contributed by atoms with Gasteiger partial charge < -0.3 is 10.5 Å². The quantitative estimate of drug-likeness (QED) is 0.806. The van der Waals surface area contributed by atoms with Crippen molar-refractivity contribution in [2.24, 2.45) is 0 Å². The Balaban J connectivity index is 1.97. The summed E-state index contributed by atoms with van der Waals surface area (Å²) in [6, 6.07) is 8.89. The number of nitrogens with one attached hydrogen (secondary N) is 2. The normalized spacial score (nSPS) is 13.7. The van der Waals surface area contributed by atoms with Crippen LogP contribution in [0.1, 0.15) is 27.2 Å². The summed E-state index contributed by atoms with van der Waals surface area (Å²) in [6.45, 7) is 3.88. The zero-order valence-electron chi connectivity index (χ0n) is 12.3. The second-order valence-electron chi connectivity index (χ2n) is 5.09. The Morgan fingerprint density at radius 1 is 1.27 bits per heavy atom. The molecular weight excluding hydrogens is 280 g/mol. The SMILES string of the molecule is Cc1ccc(C(=O)O)cc1N1C=C(c2cccnc2C)NN1. The number of aromatic nitrogens is 1. The molecule has 0 radical (unpaired) electrons. The van der Waals surface area contributed by atoms with Gasteiger partial charge in [0.05, 0.1) is 16.9 Å². The van der Waals surface area contributed by atoms with Crippen LogP contribution in [0.2, 0.25) is 0 Å². The van der Waals surface area contributed by atoms with Crippen molar-refractivity contribution in [1.29, 1.82) is 0 Å². The number of aryl methyl sites for hydroxylation is 2. The first-order valence-corrected chi connectivity index (χ1v) is 6.85. The number of carboxylic acids is 1. The van der Waals surface area contributed by atoms with Gasteiger partial charge in [-0.15, -0.1) is 5.53 Å². The van der Waals surface area contributed by atoms with E-state index in [1.807, 2.05) is 32.2 Å². The maximum atomic E-state index is 11.1. The first-order valence-electron chi connectivity index (χ1n) is 6.85. The molecule has 1 aromatic heterocycles. The zero-order chi connectivity index (χ0) is 15.7.